The van der Waals surface area contributed by atoms with Gasteiger partial charge in [0.1, 0.15) is 11.7 Å². The number of amides is 1. The fourth-order valence-electron chi connectivity index (χ4n) is 3.58. The van der Waals surface area contributed by atoms with Gasteiger partial charge in [-0.1, -0.05) is 19.3 Å². The van der Waals surface area contributed by atoms with Crippen LogP contribution in [0.2, 0.25) is 0 Å². The molecule has 0 radical (unpaired) electrons. The molecular formula is C19H34N2O6. The van der Waals surface area contributed by atoms with E-state index >= 15 is 0 Å². The average molecular weight is 386 g/mol. The Kier molecular flexibility index (Phi) is 9.02. The average Bonchev–Trinajstić information content (AvgIpc) is 2.82. The van der Waals surface area contributed by atoms with Gasteiger partial charge >= 0.3 is 18.0 Å². The lowest BCUT2D eigenvalue weighted by Gasteiger charge is -2.27. The summed E-state index contributed by atoms with van der Waals surface area (Å²) >= 11 is 0. The quantitative estimate of drug-likeness (QED) is 0.410. The van der Waals surface area contributed by atoms with Crippen LogP contribution in [-0.4, -0.2) is 47.4 Å². The van der Waals surface area contributed by atoms with Gasteiger partial charge in [0.2, 0.25) is 0 Å². The Hall–Kier alpha value is -1.83. The zero-order valence-corrected chi connectivity index (χ0v) is 16.8. The molecule has 4 unspecified atom stereocenters. The Morgan fingerprint density at radius 1 is 1.15 bits per heavy atom. The number of rotatable bonds is 9. The second-order valence-electron chi connectivity index (χ2n) is 8.16. The summed E-state index contributed by atoms with van der Waals surface area (Å²) in [6.45, 7) is 7.20. The highest BCUT2D eigenvalue weighted by molar-refractivity contribution is 5.74. The number of unbranched alkanes of at least 4 members (excludes halogenated alkanes) is 3. The molecule has 156 valence electrons. The maximum Gasteiger partial charge on any atom is 0.407 e. The number of hydrogen-bond donors (Lipinski definition) is 3. The van der Waals surface area contributed by atoms with E-state index < -0.39 is 41.7 Å². The monoisotopic (exact) mass is 386 g/mol. The van der Waals surface area contributed by atoms with Crippen molar-refractivity contribution in [1.82, 2.24) is 5.32 Å². The third-order valence-corrected chi connectivity index (χ3v) is 4.66. The molecule has 1 aliphatic carbocycles. The molecule has 4 N–H and O–H groups in total. The predicted octanol–water partition coefficient (Wildman–Crippen LogP) is 2.44. The Morgan fingerprint density at radius 3 is 2.30 bits per heavy atom. The smallest absolute Gasteiger partial charge is 0.407 e. The Bertz CT molecular complexity index is 517. The minimum Gasteiger partial charge on any atom is -0.481 e. The van der Waals surface area contributed by atoms with E-state index in [1.807, 2.05) is 0 Å². The van der Waals surface area contributed by atoms with Gasteiger partial charge in [-0.2, -0.15) is 0 Å². The van der Waals surface area contributed by atoms with E-state index in [-0.39, 0.29) is 12.3 Å². The van der Waals surface area contributed by atoms with Crippen LogP contribution >= 0.6 is 0 Å². The Balaban J connectivity index is 2.86. The van der Waals surface area contributed by atoms with E-state index in [1.54, 1.807) is 20.8 Å². The van der Waals surface area contributed by atoms with Gasteiger partial charge < -0.3 is 25.6 Å². The van der Waals surface area contributed by atoms with Crippen molar-refractivity contribution in [3.8, 4) is 0 Å². The van der Waals surface area contributed by atoms with Crippen molar-refractivity contribution in [3.63, 3.8) is 0 Å². The largest absolute Gasteiger partial charge is 0.481 e. The normalized spacial score (nSPS) is 25.1. The fourth-order valence-corrected chi connectivity index (χ4v) is 3.58. The summed E-state index contributed by atoms with van der Waals surface area (Å²) in [7, 11) is 0. The van der Waals surface area contributed by atoms with Crippen LogP contribution in [0.5, 0.6) is 0 Å². The summed E-state index contributed by atoms with van der Waals surface area (Å²) in [5.41, 5.74) is 4.85. The molecule has 0 heterocycles. The fraction of sp³-hybridized carbons (Fsp3) is 0.842. The third-order valence-electron chi connectivity index (χ3n) is 4.66. The van der Waals surface area contributed by atoms with Crippen LogP contribution in [0.25, 0.3) is 0 Å². The van der Waals surface area contributed by atoms with Gasteiger partial charge in [-0.3, -0.25) is 9.59 Å². The summed E-state index contributed by atoms with van der Waals surface area (Å²) in [6.07, 6.45) is 3.26. The number of nitrogens with one attached hydrogen (secondary N) is 1. The van der Waals surface area contributed by atoms with Crippen molar-refractivity contribution >= 4 is 18.0 Å². The molecule has 8 nitrogen and oxygen atoms in total. The van der Waals surface area contributed by atoms with E-state index in [0.29, 0.717) is 13.0 Å². The molecule has 0 saturated heterocycles. The standard InChI is InChI=1S/C19H34N2O6/c1-12(22)26-16-13(9-7-5-6-8-10-20)15(11-14(16)17(23)24)21-18(25)27-19(2,3)4/h13-16H,5-11,20H2,1-4H3,(H,21,25)(H,23,24). The lowest BCUT2D eigenvalue weighted by atomic mass is 9.92. The minimum absolute atomic E-state index is 0.208. The second kappa shape index (κ2) is 10.5. The highest BCUT2D eigenvalue weighted by Crippen LogP contribution is 2.38. The zero-order valence-electron chi connectivity index (χ0n) is 16.8. The van der Waals surface area contributed by atoms with Gasteiger partial charge in [-0.05, 0) is 46.6 Å². The molecule has 0 aliphatic heterocycles. The summed E-state index contributed by atoms with van der Waals surface area (Å²) in [6, 6.07) is -0.417. The van der Waals surface area contributed by atoms with Crippen LogP contribution in [0.4, 0.5) is 4.79 Å². The van der Waals surface area contributed by atoms with E-state index in [2.05, 4.69) is 5.32 Å². The first kappa shape index (κ1) is 23.2. The Morgan fingerprint density at radius 2 is 1.78 bits per heavy atom. The number of carbonyl (C=O) groups excluding carboxylic acids is 2. The summed E-state index contributed by atoms with van der Waals surface area (Å²) < 4.78 is 10.7. The molecule has 27 heavy (non-hydrogen) atoms. The lowest BCUT2D eigenvalue weighted by Crippen LogP contribution is -2.43. The van der Waals surface area contributed by atoms with Crippen LogP contribution in [0, 0.1) is 11.8 Å². The van der Waals surface area contributed by atoms with E-state index in [9.17, 15) is 19.5 Å². The van der Waals surface area contributed by atoms with Crippen LogP contribution in [0.3, 0.4) is 0 Å². The van der Waals surface area contributed by atoms with Crippen molar-refractivity contribution in [3.05, 3.63) is 0 Å². The maximum atomic E-state index is 12.2. The van der Waals surface area contributed by atoms with Crippen LogP contribution < -0.4 is 11.1 Å². The number of hydrogen-bond acceptors (Lipinski definition) is 6. The van der Waals surface area contributed by atoms with Gasteiger partial charge in [-0.15, -0.1) is 0 Å². The van der Waals surface area contributed by atoms with Gasteiger partial charge in [0.15, 0.2) is 0 Å². The number of esters is 1. The molecule has 0 spiro atoms. The van der Waals surface area contributed by atoms with E-state index in [0.717, 1.165) is 25.7 Å². The first-order chi connectivity index (χ1) is 12.5. The molecule has 1 saturated carbocycles. The number of nitrogens with two attached hydrogens (primary N) is 1. The number of alkyl carbamates (subject to hydrolysis) is 1. The molecular weight excluding hydrogens is 352 g/mol. The molecule has 1 aliphatic rings. The molecule has 0 aromatic heterocycles. The molecule has 0 bridgehead atoms. The van der Waals surface area contributed by atoms with Crippen LogP contribution in [-0.2, 0) is 19.1 Å². The summed E-state index contributed by atoms with van der Waals surface area (Å²) in [5.74, 6) is -2.65. The highest BCUT2D eigenvalue weighted by Gasteiger charge is 2.49. The van der Waals surface area contributed by atoms with Crippen molar-refractivity contribution < 1.29 is 29.0 Å². The molecule has 4 atom stereocenters. The number of carboxylic acid groups (broad SMARTS) is 1. The number of carbonyl (C=O) groups is 3. The minimum atomic E-state index is -1.03. The first-order valence-electron chi connectivity index (χ1n) is 9.64. The SMILES string of the molecule is CC(=O)OC1C(C(=O)O)CC(NC(=O)OC(C)(C)C)C1CCCCCCN. The zero-order chi connectivity index (χ0) is 20.6. The van der Waals surface area contributed by atoms with E-state index in [4.69, 9.17) is 15.2 Å². The maximum absolute atomic E-state index is 12.2. The number of ether oxygens (including phenoxy) is 2. The summed E-state index contributed by atoms with van der Waals surface area (Å²) in [5, 5.41) is 12.3. The second-order valence-corrected chi connectivity index (χ2v) is 8.16. The number of carboxylic acids is 1. The van der Waals surface area contributed by atoms with Crippen molar-refractivity contribution in [2.24, 2.45) is 17.6 Å². The van der Waals surface area contributed by atoms with Crippen molar-refractivity contribution in [1.29, 1.82) is 0 Å². The molecule has 1 rings (SSSR count). The highest BCUT2D eigenvalue weighted by atomic mass is 16.6. The third kappa shape index (κ3) is 8.15. The van der Waals surface area contributed by atoms with Gasteiger partial charge in [0.05, 0.1) is 5.92 Å². The van der Waals surface area contributed by atoms with Crippen LogP contribution in [0.15, 0.2) is 0 Å². The van der Waals surface area contributed by atoms with Gasteiger partial charge in [0, 0.05) is 18.9 Å². The summed E-state index contributed by atoms with van der Waals surface area (Å²) in [4.78, 5) is 35.3. The van der Waals surface area contributed by atoms with Crippen molar-refractivity contribution in [2.45, 2.75) is 84.0 Å². The molecule has 8 heteroatoms. The van der Waals surface area contributed by atoms with E-state index in [1.165, 1.54) is 6.92 Å². The molecule has 1 amide bonds. The van der Waals surface area contributed by atoms with Gasteiger partial charge in [-0.25, -0.2) is 4.79 Å². The van der Waals surface area contributed by atoms with Crippen molar-refractivity contribution in [2.75, 3.05) is 6.54 Å². The Labute approximate surface area is 161 Å². The number of aliphatic carboxylic acids is 1. The first-order valence-corrected chi connectivity index (χ1v) is 9.64. The van der Waals surface area contributed by atoms with Gasteiger partial charge in [0.25, 0.3) is 0 Å². The lowest BCUT2D eigenvalue weighted by molar-refractivity contribution is -0.157. The molecule has 0 aromatic carbocycles. The molecule has 1 fully saturated rings. The topological polar surface area (TPSA) is 128 Å². The predicted molar refractivity (Wildman–Crippen MR) is 100 cm³/mol. The van der Waals surface area contributed by atoms with Crippen LogP contribution in [0.1, 0.15) is 66.2 Å². The molecule has 0 aromatic rings.